The zero-order valence-electron chi connectivity index (χ0n) is 13.5. The van der Waals surface area contributed by atoms with Crippen molar-refractivity contribution in [2.24, 2.45) is 0 Å². The molecule has 3 heteroatoms. The standard InChI is InChI=1S/C17H28N2S/c1-13-10-16(19-8-9-20-12-14(19)2)7-6-15(13)11-18-17(3,4)5/h6-7,10,14,18H,8-9,11-12H2,1-5H3. The zero-order chi connectivity index (χ0) is 14.8. The number of benzene rings is 1. The molecule has 1 aromatic carbocycles. The summed E-state index contributed by atoms with van der Waals surface area (Å²) in [5.74, 6) is 2.49. The van der Waals surface area contributed by atoms with Gasteiger partial charge in [-0.05, 0) is 57.9 Å². The number of rotatable bonds is 3. The van der Waals surface area contributed by atoms with Crippen LogP contribution in [0.1, 0.15) is 38.8 Å². The van der Waals surface area contributed by atoms with Gasteiger partial charge >= 0.3 is 0 Å². The second-order valence-electron chi connectivity index (χ2n) is 6.83. The van der Waals surface area contributed by atoms with Crippen LogP contribution < -0.4 is 10.2 Å². The fourth-order valence-electron chi connectivity index (χ4n) is 2.53. The first-order chi connectivity index (χ1) is 9.37. The molecule has 1 atom stereocenters. The van der Waals surface area contributed by atoms with Crippen LogP contribution in [0, 0.1) is 6.92 Å². The minimum atomic E-state index is 0.170. The molecule has 2 nitrogen and oxygen atoms in total. The van der Waals surface area contributed by atoms with Gasteiger partial charge < -0.3 is 10.2 Å². The molecule has 1 saturated heterocycles. The first kappa shape index (κ1) is 15.7. The average molecular weight is 292 g/mol. The molecular formula is C17H28N2S. The van der Waals surface area contributed by atoms with E-state index in [-0.39, 0.29) is 5.54 Å². The summed E-state index contributed by atoms with van der Waals surface area (Å²) in [5, 5.41) is 3.57. The van der Waals surface area contributed by atoms with E-state index in [9.17, 15) is 0 Å². The number of hydrogen-bond acceptors (Lipinski definition) is 3. The van der Waals surface area contributed by atoms with E-state index in [0.717, 1.165) is 6.54 Å². The van der Waals surface area contributed by atoms with Gasteiger partial charge in [-0.1, -0.05) is 6.07 Å². The van der Waals surface area contributed by atoms with Crippen molar-refractivity contribution >= 4 is 17.4 Å². The molecule has 0 spiro atoms. The Morgan fingerprint density at radius 1 is 1.35 bits per heavy atom. The van der Waals surface area contributed by atoms with E-state index in [2.05, 4.69) is 74.8 Å². The zero-order valence-corrected chi connectivity index (χ0v) is 14.3. The molecule has 1 heterocycles. The third-order valence-electron chi connectivity index (χ3n) is 3.83. The van der Waals surface area contributed by atoms with Crippen LogP contribution in [0.5, 0.6) is 0 Å². The Balaban J connectivity index is 2.09. The van der Waals surface area contributed by atoms with E-state index < -0.39 is 0 Å². The monoisotopic (exact) mass is 292 g/mol. The lowest BCUT2D eigenvalue weighted by Gasteiger charge is -2.35. The van der Waals surface area contributed by atoms with Gasteiger partial charge in [0.25, 0.3) is 0 Å². The number of nitrogens with zero attached hydrogens (tertiary/aromatic N) is 1. The molecule has 0 amide bonds. The highest BCUT2D eigenvalue weighted by atomic mass is 32.2. The largest absolute Gasteiger partial charge is 0.367 e. The van der Waals surface area contributed by atoms with Crippen LogP contribution in [0.25, 0.3) is 0 Å². The topological polar surface area (TPSA) is 15.3 Å². The lowest BCUT2D eigenvalue weighted by Crippen LogP contribution is -2.40. The van der Waals surface area contributed by atoms with Crippen LogP contribution in [0.15, 0.2) is 18.2 Å². The molecule has 112 valence electrons. The van der Waals surface area contributed by atoms with Gasteiger partial charge in [-0.2, -0.15) is 11.8 Å². The lowest BCUT2D eigenvalue weighted by atomic mass is 10.0. The average Bonchev–Trinajstić information content (AvgIpc) is 2.37. The number of thioether (sulfide) groups is 1. The Morgan fingerprint density at radius 2 is 2.10 bits per heavy atom. The molecule has 0 bridgehead atoms. The molecule has 20 heavy (non-hydrogen) atoms. The van der Waals surface area contributed by atoms with E-state index in [1.165, 1.54) is 34.9 Å². The fourth-order valence-corrected chi connectivity index (χ4v) is 3.54. The molecule has 0 aliphatic carbocycles. The first-order valence-corrected chi connectivity index (χ1v) is 8.71. The van der Waals surface area contributed by atoms with Crippen LogP contribution in [-0.4, -0.2) is 29.6 Å². The highest BCUT2D eigenvalue weighted by Crippen LogP contribution is 2.26. The lowest BCUT2D eigenvalue weighted by molar-refractivity contribution is 0.424. The van der Waals surface area contributed by atoms with Gasteiger partial charge in [0.05, 0.1) is 0 Å². The summed E-state index contributed by atoms with van der Waals surface area (Å²) in [7, 11) is 0. The molecule has 1 N–H and O–H groups in total. The van der Waals surface area contributed by atoms with Crippen LogP contribution in [0.4, 0.5) is 5.69 Å². The third kappa shape index (κ3) is 4.16. The van der Waals surface area contributed by atoms with Gasteiger partial charge in [-0.3, -0.25) is 0 Å². The molecule has 1 fully saturated rings. The molecule has 1 unspecified atom stereocenters. The minimum Gasteiger partial charge on any atom is -0.367 e. The molecule has 0 saturated carbocycles. The highest BCUT2D eigenvalue weighted by molar-refractivity contribution is 7.99. The maximum atomic E-state index is 3.57. The van der Waals surface area contributed by atoms with E-state index >= 15 is 0 Å². The van der Waals surface area contributed by atoms with Gasteiger partial charge in [-0.25, -0.2) is 0 Å². The normalized spacial score (nSPS) is 20.2. The second-order valence-corrected chi connectivity index (χ2v) is 7.98. The number of anilines is 1. The molecule has 1 aliphatic heterocycles. The highest BCUT2D eigenvalue weighted by Gasteiger charge is 2.19. The summed E-state index contributed by atoms with van der Waals surface area (Å²) in [6.07, 6.45) is 0. The number of hydrogen-bond donors (Lipinski definition) is 1. The van der Waals surface area contributed by atoms with Gasteiger partial charge in [0.15, 0.2) is 0 Å². The van der Waals surface area contributed by atoms with Gasteiger partial charge in [0.1, 0.15) is 0 Å². The Hall–Kier alpha value is -0.670. The summed E-state index contributed by atoms with van der Waals surface area (Å²) < 4.78 is 0. The van der Waals surface area contributed by atoms with Crippen LogP contribution >= 0.6 is 11.8 Å². The molecule has 1 aliphatic rings. The Bertz CT molecular complexity index is 451. The number of nitrogens with one attached hydrogen (secondary N) is 1. The fraction of sp³-hybridized carbons (Fsp3) is 0.647. The quantitative estimate of drug-likeness (QED) is 0.911. The summed E-state index contributed by atoms with van der Waals surface area (Å²) >= 11 is 2.07. The van der Waals surface area contributed by atoms with E-state index in [1.807, 2.05) is 0 Å². The molecule has 0 aromatic heterocycles. The maximum Gasteiger partial charge on any atom is 0.0372 e. The van der Waals surface area contributed by atoms with Crippen LogP contribution in [-0.2, 0) is 6.54 Å². The van der Waals surface area contributed by atoms with E-state index in [0.29, 0.717) is 6.04 Å². The van der Waals surface area contributed by atoms with Crippen molar-refractivity contribution in [1.29, 1.82) is 0 Å². The predicted octanol–water partition coefficient (Wildman–Crippen LogP) is 3.82. The summed E-state index contributed by atoms with van der Waals surface area (Å²) in [6, 6.07) is 7.58. The van der Waals surface area contributed by atoms with Gasteiger partial charge in [-0.15, -0.1) is 0 Å². The number of aryl methyl sites for hydroxylation is 1. The van der Waals surface area contributed by atoms with Crippen molar-refractivity contribution in [3.8, 4) is 0 Å². The predicted molar refractivity (Wildman–Crippen MR) is 91.9 cm³/mol. The molecule has 1 aromatic rings. The van der Waals surface area contributed by atoms with E-state index in [4.69, 9.17) is 0 Å². The van der Waals surface area contributed by atoms with Gasteiger partial charge in [0, 0.05) is 41.9 Å². The maximum absolute atomic E-state index is 3.57. The summed E-state index contributed by atoms with van der Waals surface area (Å²) in [4.78, 5) is 2.55. The minimum absolute atomic E-state index is 0.170. The SMILES string of the molecule is Cc1cc(N2CCSCC2C)ccc1CNC(C)(C)C. The van der Waals surface area contributed by atoms with Crippen molar-refractivity contribution in [2.75, 3.05) is 23.0 Å². The van der Waals surface area contributed by atoms with Crippen molar-refractivity contribution < 1.29 is 0 Å². The summed E-state index contributed by atoms with van der Waals surface area (Å²) in [6.45, 7) is 13.3. The van der Waals surface area contributed by atoms with Crippen LogP contribution in [0.3, 0.4) is 0 Å². The second kappa shape index (κ2) is 6.40. The third-order valence-corrected chi connectivity index (χ3v) is 5.02. The molecule has 0 radical (unpaired) electrons. The smallest absolute Gasteiger partial charge is 0.0372 e. The molecule has 2 rings (SSSR count). The summed E-state index contributed by atoms with van der Waals surface area (Å²) in [5.41, 5.74) is 4.35. The van der Waals surface area contributed by atoms with Crippen molar-refractivity contribution in [3.05, 3.63) is 29.3 Å². The Kier molecular flexibility index (Phi) is 5.03. The Labute approximate surface area is 128 Å². The van der Waals surface area contributed by atoms with Crippen molar-refractivity contribution in [1.82, 2.24) is 5.32 Å². The van der Waals surface area contributed by atoms with Crippen LogP contribution in [0.2, 0.25) is 0 Å². The first-order valence-electron chi connectivity index (χ1n) is 7.56. The van der Waals surface area contributed by atoms with Gasteiger partial charge in [0.2, 0.25) is 0 Å². The van der Waals surface area contributed by atoms with Crippen molar-refractivity contribution in [2.45, 2.75) is 52.7 Å². The Morgan fingerprint density at radius 3 is 2.70 bits per heavy atom. The van der Waals surface area contributed by atoms with E-state index in [1.54, 1.807) is 0 Å². The molecular weight excluding hydrogens is 264 g/mol. The van der Waals surface area contributed by atoms with Crippen molar-refractivity contribution in [3.63, 3.8) is 0 Å².